The number of ether oxygens (including phenoxy) is 1. The van der Waals surface area contributed by atoms with Gasteiger partial charge in [0.1, 0.15) is 5.75 Å². The molecule has 19 heavy (non-hydrogen) atoms. The largest absolute Gasteiger partial charge is 0.497 e. The summed E-state index contributed by atoms with van der Waals surface area (Å²) in [5.74, 6) is 0.456. The number of nitrogens with zero attached hydrogens (tertiary/aromatic N) is 1. The quantitative estimate of drug-likeness (QED) is 0.526. The van der Waals surface area contributed by atoms with Crippen LogP contribution in [0.3, 0.4) is 0 Å². The first-order chi connectivity index (χ1) is 9.11. The summed E-state index contributed by atoms with van der Waals surface area (Å²) in [6, 6.07) is 12.0. The maximum Gasteiger partial charge on any atom is 0.286 e. The molecule has 0 aromatic heterocycles. The molecule has 5 nitrogen and oxygen atoms in total. The van der Waals surface area contributed by atoms with Crippen molar-refractivity contribution in [2.24, 2.45) is 0 Å². The first-order valence-corrected chi connectivity index (χ1v) is 6.28. The van der Waals surface area contributed by atoms with Crippen LogP contribution in [-0.4, -0.2) is 12.0 Å². The number of hydrogen-bond donors (Lipinski definition) is 1. The molecule has 0 radical (unpaired) electrons. The minimum absolute atomic E-state index is 0.00704. The fraction of sp³-hybridized carbons (Fsp3) is 0.0769. The second kappa shape index (κ2) is 5.62. The monoisotopic (exact) mass is 276 g/mol. The molecule has 2 N–H and O–H groups in total. The number of nitrogen functional groups attached to an aromatic ring is 1. The van der Waals surface area contributed by atoms with Gasteiger partial charge in [0, 0.05) is 10.6 Å². The fourth-order valence-corrected chi connectivity index (χ4v) is 2.49. The van der Waals surface area contributed by atoms with Gasteiger partial charge in [-0.15, -0.1) is 0 Å². The van der Waals surface area contributed by atoms with Crippen molar-refractivity contribution in [3.63, 3.8) is 0 Å². The van der Waals surface area contributed by atoms with Crippen LogP contribution in [0.1, 0.15) is 0 Å². The Morgan fingerprint density at radius 2 is 1.95 bits per heavy atom. The lowest BCUT2D eigenvalue weighted by Gasteiger charge is -2.07. The van der Waals surface area contributed by atoms with Gasteiger partial charge in [-0.05, 0) is 24.3 Å². The Balaban J connectivity index is 2.40. The molecule has 2 rings (SSSR count). The van der Waals surface area contributed by atoms with Crippen LogP contribution in [0.15, 0.2) is 52.3 Å². The van der Waals surface area contributed by atoms with E-state index in [2.05, 4.69) is 0 Å². The Morgan fingerprint density at radius 3 is 2.58 bits per heavy atom. The van der Waals surface area contributed by atoms with Gasteiger partial charge in [-0.25, -0.2) is 0 Å². The molecular formula is C13H12N2O3S. The molecule has 0 atom stereocenters. The Bertz CT molecular complexity index is 617. The van der Waals surface area contributed by atoms with Gasteiger partial charge >= 0.3 is 0 Å². The molecule has 2 aromatic carbocycles. The summed E-state index contributed by atoms with van der Waals surface area (Å²) in [5.41, 5.74) is 6.44. The zero-order valence-corrected chi connectivity index (χ0v) is 11.0. The van der Waals surface area contributed by atoms with Crippen molar-refractivity contribution in [1.82, 2.24) is 0 Å². The second-order valence-electron chi connectivity index (χ2n) is 3.73. The lowest BCUT2D eigenvalue weighted by atomic mass is 10.3. The van der Waals surface area contributed by atoms with Gasteiger partial charge in [0.15, 0.2) is 0 Å². The molecular weight excluding hydrogens is 264 g/mol. The van der Waals surface area contributed by atoms with Gasteiger partial charge in [-0.2, -0.15) is 0 Å². The first-order valence-electron chi connectivity index (χ1n) is 5.46. The van der Waals surface area contributed by atoms with Crippen molar-refractivity contribution >= 4 is 23.1 Å². The van der Waals surface area contributed by atoms with Gasteiger partial charge < -0.3 is 10.5 Å². The van der Waals surface area contributed by atoms with Gasteiger partial charge in [0.05, 0.1) is 23.0 Å². The maximum atomic E-state index is 11.1. The predicted octanol–water partition coefficient (Wildman–Crippen LogP) is 3.34. The maximum absolute atomic E-state index is 11.1. The Labute approximate surface area is 114 Å². The Kier molecular flexibility index (Phi) is 3.91. The van der Waals surface area contributed by atoms with Crippen LogP contribution < -0.4 is 10.5 Å². The zero-order valence-electron chi connectivity index (χ0n) is 10.2. The van der Waals surface area contributed by atoms with Crippen molar-refractivity contribution in [3.05, 3.63) is 52.6 Å². The topological polar surface area (TPSA) is 78.4 Å². The molecule has 2 aromatic rings. The van der Waals surface area contributed by atoms with Gasteiger partial charge in [-0.3, -0.25) is 10.1 Å². The van der Waals surface area contributed by atoms with Crippen LogP contribution >= 0.6 is 11.8 Å². The minimum atomic E-state index is -0.427. The first kappa shape index (κ1) is 13.2. The van der Waals surface area contributed by atoms with Crippen LogP contribution in [0.25, 0.3) is 0 Å². The molecule has 0 aliphatic rings. The minimum Gasteiger partial charge on any atom is -0.497 e. The summed E-state index contributed by atoms with van der Waals surface area (Å²) in [5, 5.41) is 11.1. The lowest BCUT2D eigenvalue weighted by Crippen LogP contribution is -1.93. The van der Waals surface area contributed by atoms with Crippen molar-refractivity contribution in [1.29, 1.82) is 0 Å². The van der Waals surface area contributed by atoms with E-state index >= 15 is 0 Å². The summed E-state index contributed by atoms with van der Waals surface area (Å²) in [7, 11) is 1.47. The van der Waals surface area contributed by atoms with E-state index in [1.807, 2.05) is 18.2 Å². The zero-order chi connectivity index (χ0) is 13.8. The average molecular weight is 276 g/mol. The molecule has 0 aliphatic carbocycles. The van der Waals surface area contributed by atoms with Crippen LogP contribution in [0.2, 0.25) is 0 Å². The van der Waals surface area contributed by atoms with Crippen LogP contribution in [0.4, 0.5) is 11.4 Å². The summed E-state index contributed by atoms with van der Waals surface area (Å²) >= 11 is 1.27. The molecule has 0 bridgehead atoms. The van der Waals surface area contributed by atoms with E-state index in [1.165, 1.54) is 24.9 Å². The van der Waals surface area contributed by atoms with Crippen LogP contribution in [0.5, 0.6) is 5.75 Å². The van der Waals surface area contributed by atoms with E-state index in [4.69, 9.17) is 10.5 Å². The summed E-state index contributed by atoms with van der Waals surface area (Å²) in [4.78, 5) is 12.0. The summed E-state index contributed by atoms with van der Waals surface area (Å²) in [6.45, 7) is 0. The highest BCUT2D eigenvalue weighted by Crippen LogP contribution is 2.38. The van der Waals surface area contributed by atoms with Gasteiger partial charge in [0.2, 0.25) is 0 Å². The normalized spacial score (nSPS) is 10.2. The number of anilines is 1. The molecule has 0 spiro atoms. The highest BCUT2D eigenvalue weighted by Gasteiger charge is 2.16. The number of nitro groups is 1. The van der Waals surface area contributed by atoms with Gasteiger partial charge in [-0.1, -0.05) is 23.9 Å². The SMILES string of the molecule is COc1ccc(Sc2ccccc2N)c([N+](=O)[O-])c1. The average Bonchev–Trinajstić information content (AvgIpc) is 2.41. The number of hydrogen-bond acceptors (Lipinski definition) is 5. The standard InChI is InChI=1S/C13H12N2O3S/c1-18-9-6-7-13(11(8-9)15(16)17)19-12-5-3-2-4-10(12)14/h2-8H,14H2,1H3. The van der Waals surface area contributed by atoms with Crippen molar-refractivity contribution in [2.75, 3.05) is 12.8 Å². The molecule has 0 fully saturated rings. The third-order valence-corrected chi connectivity index (χ3v) is 3.66. The fourth-order valence-electron chi connectivity index (χ4n) is 1.55. The van der Waals surface area contributed by atoms with E-state index < -0.39 is 4.92 Å². The number of benzene rings is 2. The van der Waals surface area contributed by atoms with Crippen molar-refractivity contribution < 1.29 is 9.66 Å². The highest BCUT2D eigenvalue weighted by atomic mass is 32.2. The summed E-state index contributed by atoms with van der Waals surface area (Å²) in [6.07, 6.45) is 0. The number of rotatable bonds is 4. The molecule has 6 heteroatoms. The van der Waals surface area contributed by atoms with E-state index in [-0.39, 0.29) is 5.69 Å². The summed E-state index contributed by atoms with van der Waals surface area (Å²) < 4.78 is 5.00. The highest BCUT2D eigenvalue weighted by molar-refractivity contribution is 7.99. The van der Waals surface area contributed by atoms with E-state index in [9.17, 15) is 10.1 Å². The van der Waals surface area contributed by atoms with E-state index in [0.717, 1.165) is 4.90 Å². The Morgan fingerprint density at radius 1 is 1.21 bits per heavy atom. The van der Waals surface area contributed by atoms with E-state index in [0.29, 0.717) is 16.3 Å². The number of methoxy groups -OCH3 is 1. The Hall–Kier alpha value is -2.21. The predicted molar refractivity (Wildman–Crippen MR) is 74.6 cm³/mol. The molecule has 0 aliphatic heterocycles. The third kappa shape index (κ3) is 2.97. The molecule has 0 unspecified atom stereocenters. The van der Waals surface area contributed by atoms with Gasteiger partial charge in [0.25, 0.3) is 5.69 Å². The van der Waals surface area contributed by atoms with Crippen molar-refractivity contribution in [3.8, 4) is 5.75 Å². The molecule has 0 amide bonds. The van der Waals surface area contributed by atoms with Crippen molar-refractivity contribution in [2.45, 2.75) is 9.79 Å². The van der Waals surface area contributed by atoms with Crippen LogP contribution in [0, 0.1) is 10.1 Å². The van der Waals surface area contributed by atoms with Crippen LogP contribution in [-0.2, 0) is 0 Å². The third-order valence-electron chi connectivity index (χ3n) is 2.50. The smallest absolute Gasteiger partial charge is 0.286 e. The number of nitrogens with two attached hydrogens (primary N) is 1. The lowest BCUT2D eigenvalue weighted by molar-refractivity contribution is -0.387. The number of para-hydroxylation sites is 1. The second-order valence-corrected chi connectivity index (χ2v) is 4.81. The molecule has 0 saturated heterocycles. The molecule has 0 saturated carbocycles. The van der Waals surface area contributed by atoms with E-state index in [1.54, 1.807) is 18.2 Å². The number of nitro benzene ring substituents is 1. The molecule has 0 heterocycles. The molecule has 98 valence electrons.